The van der Waals surface area contributed by atoms with Gasteiger partial charge in [0.1, 0.15) is 16.6 Å². The molecule has 0 aromatic carbocycles. The normalized spacial score (nSPS) is 10.3. The summed E-state index contributed by atoms with van der Waals surface area (Å²) in [5.41, 5.74) is 3.41. The second-order valence-electron chi connectivity index (χ2n) is 3.36. The van der Waals surface area contributed by atoms with Crippen LogP contribution < -0.4 is 16.6 Å². The third-order valence-corrected chi connectivity index (χ3v) is 2.88. The predicted octanol–water partition coefficient (Wildman–Crippen LogP) is 0.870. The first-order chi connectivity index (χ1) is 8.20. The highest BCUT2D eigenvalue weighted by Gasteiger charge is 2.07. The maximum absolute atomic E-state index is 5.32. The van der Waals surface area contributed by atoms with E-state index in [1.807, 2.05) is 19.3 Å². The molecule has 0 spiro atoms. The van der Waals surface area contributed by atoms with Gasteiger partial charge in [0.25, 0.3) is 0 Å². The molecule has 0 radical (unpaired) electrons. The lowest BCUT2D eigenvalue weighted by Gasteiger charge is -2.08. The van der Waals surface area contributed by atoms with Gasteiger partial charge in [0.2, 0.25) is 0 Å². The van der Waals surface area contributed by atoms with Gasteiger partial charge in [-0.1, -0.05) is 0 Å². The van der Waals surface area contributed by atoms with Crippen molar-refractivity contribution < 1.29 is 0 Å². The predicted molar refractivity (Wildman–Crippen MR) is 68.1 cm³/mol. The first kappa shape index (κ1) is 11.8. The van der Waals surface area contributed by atoms with E-state index in [4.69, 9.17) is 5.84 Å². The summed E-state index contributed by atoms with van der Waals surface area (Å²) in [6.45, 7) is 0.584. The Balaban J connectivity index is 2.09. The summed E-state index contributed by atoms with van der Waals surface area (Å²) in [6.07, 6.45) is 3.32. The lowest BCUT2D eigenvalue weighted by atomic mass is 10.4. The summed E-state index contributed by atoms with van der Waals surface area (Å²) in [7, 11) is 1.88. The van der Waals surface area contributed by atoms with Crippen molar-refractivity contribution in [2.24, 2.45) is 12.9 Å². The Morgan fingerprint density at radius 1 is 1.41 bits per heavy atom. The average molecular weight is 298 g/mol. The van der Waals surface area contributed by atoms with Gasteiger partial charge >= 0.3 is 0 Å². The molecule has 0 aliphatic rings. The average Bonchev–Trinajstić information content (AvgIpc) is 2.74. The van der Waals surface area contributed by atoms with E-state index >= 15 is 0 Å². The highest BCUT2D eigenvalue weighted by atomic mass is 79.9. The zero-order valence-electron chi connectivity index (χ0n) is 9.18. The van der Waals surface area contributed by atoms with Crippen LogP contribution in [0.3, 0.4) is 0 Å². The molecule has 0 bridgehead atoms. The number of halogens is 1. The maximum atomic E-state index is 5.32. The van der Waals surface area contributed by atoms with Crippen LogP contribution >= 0.6 is 15.9 Å². The highest BCUT2D eigenvalue weighted by molar-refractivity contribution is 9.10. The van der Waals surface area contributed by atoms with Gasteiger partial charge in [0.05, 0.1) is 12.2 Å². The molecule has 0 unspecified atom stereocenters. The number of nitrogens with two attached hydrogens (primary N) is 1. The largest absolute Gasteiger partial charge is 0.363 e. The molecule has 0 aliphatic carbocycles. The zero-order chi connectivity index (χ0) is 12.3. The number of hydrazine groups is 1. The topological polar surface area (TPSA) is 93.7 Å². The molecule has 0 aliphatic heterocycles. The zero-order valence-corrected chi connectivity index (χ0v) is 10.8. The number of aromatic nitrogens is 4. The molecular weight excluding hydrogens is 286 g/mol. The van der Waals surface area contributed by atoms with Crippen LogP contribution in [0.2, 0.25) is 0 Å². The number of nitrogens with one attached hydrogen (secondary N) is 2. The molecule has 0 atom stereocenters. The number of hydrogen-bond acceptors (Lipinski definition) is 6. The van der Waals surface area contributed by atoms with E-state index in [0.717, 1.165) is 5.69 Å². The van der Waals surface area contributed by atoms with Gasteiger partial charge in [-0.3, -0.25) is 4.68 Å². The number of nitrogen functional groups attached to an aromatic ring is 1. The van der Waals surface area contributed by atoms with Crippen LogP contribution in [0.1, 0.15) is 5.69 Å². The fourth-order valence-corrected chi connectivity index (χ4v) is 1.78. The molecule has 0 saturated heterocycles. The van der Waals surface area contributed by atoms with E-state index in [9.17, 15) is 0 Å². The molecule has 0 fully saturated rings. The smallest absolute Gasteiger partial charge is 0.159 e. The van der Waals surface area contributed by atoms with Crippen molar-refractivity contribution in [3.63, 3.8) is 0 Å². The van der Waals surface area contributed by atoms with Crippen LogP contribution in [0.5, 0.6) is 0 Å². The van der Waals surface area contributed by atoms with Crippen LogP contribution in [-0.4, -0.2) is 19.7 Å². The van der Waals surface area contributed by atoms with Crippen LogP contribution in [0.25, 0.3) is 0 Å². The summed E-state index contributed by atoms with van der Waals surface area (Å²) >= 11 is 3.36. The van der Waals surface area contributed by atoms with Gasteiger partial charge in [-0.2, -0.15) is 5.10 Å². The minimum Gasteiger partial charge on any atom is -0.363 e. The molecule has 90 valence electrons. The Morgan fingerprint density at radius 2 is 2.18 bits per heavy atom. The second kappa shape index (κ2) is 5.11. The summed E-state index contributed by atoms with van der Waals surface area (Å²) < 4.78 is 2.44. The summed E-state index contributed by atoms with van der Waals surface area (Å²) in [4.78, 5) is 8.07. The highest BCUT2D eigenvalue weighted by Crippen LogP contribution is 2.25. The first-order valence-electron chi connectivity index (χ1n) is 4.90. The van der Waals surface area contributed by atoms with E-state index in [1.54, 1.807) is 4.68 Å². The fraction of sp³-hybridized carbons (Fsp3) is 0.222. The standard InChI is InChI=1S/C9H12BrN7/c1-17-3-2-6(16-17)4-12-8-7(10)9(15-11)14-5-13-8/h2-3,5H,4,11H2,1H3,(H2,12,13,14,15). The second-order valence-corrected chi connectivity index (χ2v) is 4.16. The first-order valence-corrected chi connectivity index (χ1v) is 5.69. The molecule has 0 amide bonds. The minimum absolute atomic E-state index is 0.531. The van der Waals surface area contributed by atoms with E-state index in [2.05, 4.69) is 41.7 Å². The number of hydrogen-bond donors (Lipinski definition) is 3. The minimum atomic E-state index is 0.531. The molecule has 2 heterocycles. The van der Waals surface area contributed by atoms with Crippen molar-refractivity contribution in [1.29, 1.82) is 0 Å². The third kappa shape index (κ3) is 2.71. The monoisotopic (exact) mass is 297 g/mol. The van der Waals surface area contributed by atoms with E-state index in [0.29, 0.717) is 22.7 Å². The lowest BCUT2D eigenvalue weighted by Crippen LogP contribution is -2.11. The van der Waals surface area contributed by atoms with E-state index in [1.165, 1.54) is 6.33 Å². The van der Waals surface area contributed by atoms with Gasteiger partial charge in [-0.05, 0) is 22.0 Å². The Hall–Kier alpha value is -1.67. The molecule has 4 N–H and O–H groups in total. The molecule has 17 heavy (non-hydrogen) atoms. The Kier molecular flexibility index (Phi) is 3.55. The molecule has 2 aromatic rings. The third-order valence-electron chi connectivity index (χ3n) is 2.13. The van der Waals surface area contributed by atoms with Crippen molar-refractivity contribution in [1.82, 2.24) is 19.7 Å². The number of rotatable bonds is 4. The van der Waals surface area contributed by atoms with Gasteiger partial charge in [-0.15, -0.1) is 0 Å². The summed E-state index contributed by atoms with van der Waals surface area (Å²) in [6, 6.07) is 1.93. The van der Waals surface area contributed by atoms with Crippen LogP contribution in [-0.2, 0) is 13.6 Å². The Bertz CT molecular complexity index is 510. The Morgan fingerprint density at radius 3 is 2.82 bits per heavy atom. The van der Waals surface area contributed by atoms with Crippen LogP contribution in [0.15, 0.2) is 23.1 Å². The van der Waals surface area contributed by atoms with Gasteiger partial charge in [0, 0.05) is 13.2 Å². The lowest BCUT2D eigenvalue weighted by molar-refractivity contribution is 0.747. The van der Waals surface area contributed by atoms with Gasteiger partial charge in [0.15, 0.2) is 5.82 Å². The van der Waals surface area contributed by atoms with Crippen LogP contribution in [0, 0.1) is 0 Å². The van der Waals surface area contributed by atoms with Crippen molar-refractivity contribution in [3.05, 3.63) is 28.8 Å². The van der Waals surface area contributed by atoms with Crippen molar-refractivity contribution >= 4 is 27.6 Å². The molecule has 7 nitrogen and oxygen atoms in total. The van der Waals surface area contributed by atoms with Gasteiger partial charge < -0.3 is 10.7 Å². The van der Waals surface area contributed by atoms with Crippen molar-refractivity contribution in [2.45, 2.75) is 6.54 Å². The molecule has 8 heteroatoms. The summed E-state index contributed by atoms with van der Waals surface area (Å²) in [5.74, 6) is 6.51. The molecule has 2 aromatic heterocycles. The summed E-state index contributed by atoms with van der Waals surface area (Å²) in [5, 5.41) is 7.40. The molecule has 2 rings (SSSR count). The van der Waals surface area contributed by atoms with Crippen molar-refractivity contribution in [3.8, 4) is 0 Å². The van der Waals surface area contributed by atoms with Gasteiger partial charge in [-0.25, -0.2) is 15.8 Å². The van der Waals surface area contributed by atoms with Crippen molar-refractivity contribution in [2.75, 3.05) is 10.7 Å². The number of anilines is 2. The van der Waals surface area contributed by atoms with E-state index < -0.39 is 0 Å². The fourth-order valence-electron chi connectivity index (χ4n) is 1.33. The Labute approximate surface area is 107 Å². The quantitative estimate of drug-likeness (QED) is 0.573. The number of nitrogens with zero attached hydrogens (tertiary/aromatic N) is 4. The van der Waals surface area contributed by atoms with E-state index in [-0.39, 0.29) is 0 Å². The van der Waals surface area contributed by atoms with Crippen LogP contribution in [0.4, 0.5) is 11.6 Å². The molecular formula is C9H12BrN7. The maximum Gasteiger partial charge on any atom is 0.159 e. The number of aryl methyl sites for hydroxylation is 1. The SMILES string of the molecule is Cn1ccc(CNc2ncnc(NN)c2Br)n1. The molecule has 0 saturated carbocycles.